The maximum absolute atomic E-state index is 11.9. The molecule has 0 saturated carbocycles. The molecule has 0 fully saturated rings. The van der Waals surface area contributed by atoms with Crippen molar-refractivity contribution in [2.45, 2.75) is 11.1 Å². The first-order valence-electron chi connectivity index (χ1n) is 4.45. The fourth-order valence-corrected chi connectivity index (χ4v) is 2.39. The number of ether oxygens (including phenoxy) is 1. The predicted octanol–water partition coefficient (Wildman–Crippen LogP) is 2.62. The normalized spacial score (nSPS) is 12.5. The Kier molecular flexibility index (Phi) is 4.46. The fraction of sp³-hybridized carbons (Fsp3) is 0.333. The minimum Gasteiger partial charge on any atom is -0.497 e. The second-order valence-electron chi connectivity index (χ2n) is 3.13. The van der Waals surface area contributed by atoms with Gasteiger partial charge in [-0.05, 0) is 12.1 Å². The number of hydrogen-bond acceptors (Lipinski definition) is 4. The SMILES string of the molecule is COc1ccc(Cl)c(S(=O)(=O)OCC(F)(F)F)c1. The summed E-state index contributed by atoms with van der Waals surface area (Å²) < 4.78 is 67.3. The van der Waals surface area contributed by atoms with E-state index in [1.165, 1.54) is 19.2 Å². The third-order valence-corrected chi connectivity index (χ3v) is 3.53. The van der Waals surface area contributed by atoms with E-state index in [4.69, 9.17) is 16.3 Å². The van der Waals surface area contributed by atoms with Crippen molar-refractivity contribution in [3.05, 3.63) is 23.2 Å². The van der Waals surface area contributed by atoms with Gasteiger partial charge in [-0.2, -0.15) is 21.6 Å². The van der Waals surface area contributed by atoms with E-state index in [-0.39, 0.29) is 10.8 Å². The molecule has 1 aromatic carbocycles. The molecule has 1 rings (SSSR count). The molecule has 0 unspecified atom stereocenters. The molecule has 0 heterocycles. The number of hydrogen-bond donors (Lipinski definition) is 0. The van der Waals surface area contributed by atoms with Gasteiger partial charge >= 0.3 is 6.18 Å². The smallest absolute Gasteiger partial charge is 0.413 e. The summed E-state index contributed by atoms with van der Waals surface area (Å²) >= 11 is 5.59. The lowest BCUT2D eigenvalue weighted by atomic mass is 10.3. The van der Waals surface area contributed by atoms with Crippen LogP contribution in [-0.4, -0.2) is 28.3 Å². The van der Waals surface area contributed by atoms with E-state index in [0.29, 0.717) is 0 Å². The highest BCUT2D eigenvalue weighted by Gasteiger charge is 2.32. The van der Waals surface area contributed by atoms with Crippen molar-refractivity contribution in [3.63, 3.8) is 0 Å². The average Bonchev–Trinajstić information content (AvgIpc) is 2.26. The number of halogens is 4. The van der Waals surface area contributed by atoms with Crippen LogP contribution in [0.2, 0.25) is 5.02 Å². The van der Waals surface area contributed by atoms with Gasteiger partial charge in [0, 0.05) is 6.07 Å². The zero-order valence-corrected chi connectivity index (χ0v) is 10.6. The highest BCUT2D eigenvalue weighted by Crippen LogP contribution is 2.28. The second kappa shape index (κ2) is 5.33. The summed E-state index contributed by atoms with van der Waals surface area (Å²) in [6, 6.07) is 3.53. The Morgan fingerprint density at radius 3 is 2.44 bits per heavy atom. The van der Waals surface area contributed by atoms with Gasteiger partial charge in [-0.1, -0.05) is 11.6 Å². The molecule has 0 aliphatic heterocycles. The minimum absolute atomic E-state index is 0.133. The first-order valence-corrected chi connectivity index (χ1v) is 6.24. The van der Waals surface area contributed by atoms with Crippen molar-refractivity contribution in [3.8, 4) is 5.75 Å². The van der Waals surface area contributed by atoms with Crippen LogP contribution in [0.25, 0.3) is 0 Å². The van der Waals surface area contributed by atoms with Gasteiger partial charge in [0.1, 0.15) is 10.6 Å². The van der Waals surface area contributed by atoms with Crippen molar-refractivity contribution < 1.29 is 30.5 Å². The lowest BCUT2D eigenvalue weighted by Gasteiger charge is -2.10. The van der Waals surface area contributed by atoms with Gasteiger partial charge in [0.2, 0.25) is 0 Å². The molecule has 0 radical (unpaired) electrons. The van der Waals surface area contributed by atoms with Crippen molar-refractivity contribution >= 4 is 21.7 Å². The summed E-state index contributed by atoms with van der Waals surface area (Å²) in [5, 5.41) is -0.252. The number of benzene rings is 1. The molecule has 102 valence electrons. The Bertz CT molecular complexity index is 527. The molecule has 18 heavy (non-hydrogen) atoms. The standard InChI is InChI=1S/C9H8ClF3O4S/c1-16-6-2-3-7(10)8(4-6)18(14,15)17-5-9(11,12)13/h2-4H,5H2,1H3. The maximum atomic E-state index is 11.9. The Balaban J connectivity index is 3.05. The van der Waals surface area contributed by atoms with Gasteiger partial charge in [-0.15, -0.1) is 0 Å². The second-order valence-corrected chi connectivity index (χ2v) is 5.12. The number of methoxy groups -OCH3 is 1. The van der Waals surface area contributed by atoms with Crippen molar-refractivity contribution in [2.24, 2.45) is 0 Å². The third-order valence-electron chi connectivity index (χ3n) is 1.79. The monoisotopic (exact) mass is 304 g/mol. The van der Waals surface area contributed by atoms with Crippen LogP contribution >= 0.6 is 11.6 Å². The highest BCUT2D eigenvalue weighted by atomic mass is 35.5. The Hall–Kier alpha value is -0.990. The predicted molar refractivity (Wildman–Crippen MR) is 57.2 cm³/mol. The lowest BCUT2D eigenvalue weighted by Crippen LogP contribution is -2.20. The van der Waals surface area contributed by atoms with Crippen LogP contribution in [0.4, 0.5) is 13.2 Å². The summed E-state index contributed by atoms with van der Waals surface area (Å²) in [5.74, 6) is 0.133. The van der Waals surface area contributed by atoms with Crippen LogP contribution in [0.3, 0.4) is 0 Å². The molecule has 0 amide bonds. The summed E-state index contributed by atoms with van der Waals surface area (Å²) in [7, 11) is -3.31. The van der Waals surface area contributed by atoms with Gasteiger partial charge in [-0.3, -0.25) is 4.18 Å². The molecule has 1 aromatic rings. The van der Waals surface area contributed by atoms with E-state index in [1.54, 1.807) is 0 Å². The number of alkyl halides is 3. The molecular formula is C9H8ClF3O4S. The van der Waals surface area contributed by atoms with E-state index in [2.05, 4.69) is 4.18 Å². The Morgan fingerprint density at radius 1 is 1.33 bits per heavy atom. The first-order chi connectivity index (χ1) is 8.15. The maximum Gasteiger partial charge on any atom is 0.413 e. The quantitative estimate of drug-likeness (QED) is 0.802. The molecule has 0 aliphatic carbocycles. The summed E-state index contributed by atoms with van der Waals surface area (Å²) in [6.45, 7) is -1.91. The summed E-state index contributed by atoms with van der Waals surface area (Å²) in [5.41, 5.74) is 0. The Morgan fingerprint density at radius 2 is 1.94 bits per heavy atom. The molecule has 0 bridgehead atoms. The van der Waals surface area contributed by atoms with Crippen molar-refractivity contribution in [2.75, 3.05) is 13.7 Å². The van der Waals surface area contributed by atoms with Crippen LogP contribution in [0.15, 0.2) is 23.1 Å². The van der Waals surface area contributed by atoms with E-state index < -0.39 is 27.8 Å². The molecule has 4 nitrogen and oxygen atoms in total. The molecule has 0 spiro atoms. The van der Waals surface area contributed by atoms with Crippen molar-refractivity contribution in [1.29, 1.82) is 0 Å². The van der Waals surface area contributed by atoms with Crippen LogP contribution < -0.4 is 4.74 Å². The van der Waals surface area contributed by atoms with Gasteiger partial charge in [0.25, 0.3) is 10.1 Å². The topological polar surface area (TPSA) is 52.6 Å². The van der Waals surface area contributed by atoms with Crippen LogP contribution in [0.5, 0.6) is 5.75 Å². The van der Waals surface area contributed by atoms with Crippen LogP contribution in [-0.2, 0) is 14.3 Å². The van der Waals surface area contributed by atoms with Gasteiger partial charge < -0.3 is 4.74 Å². The molecular weight excluding hydrogens is 297 g/mol. The van der Waals surface area contributed by atoms with Gasteiger partial charge in [0.15, 0.2) is 6.61 Å². The minimum atomic E-state index is -4.75. The van der Waals surface area contributed by atoms with Gasteiger partial charge in [-0.25, -0.2) is 0 Å². The largest absolute Gasteiger partial charge is 0.497 e. The highest BCUT2D eigenvalue weighted by molar-refractivity contribution is 7.86. The first kappa shape index (κ1) is 15.1. The third kappa shape index (κ3) is 4.04. The molecule has 0 aromatic heterocycles. The summed E-state index contributed by atoms with van der Waals surface area (Å²) in [6.07, 6.45) is -4.75. The van der Waals surface area contributed by atoms with Crippen LogP contribution in [0, 0.1) is 0 Å². The van der Waals surface area contributed by atoms with E-state index in [9.17, 15) is 21.6 Å². The van der Waals surface area contributed by atoms with Crippen molar-refractivity contribution in [1.82, 2.24) is 0 Å². The summed E-state index contributed by atoms with van der Waals surface area (Å²) in [4.78, 5) is -0.576. The molecule has 0 atom stereocenters. The molecule has 0 N–H and O–H groups in total. The molecule has 9 heteroatoms. The lowest BCUT2D eigenvalue weighted by molar-refractivity contribution is -0.152. The molecule has 0 aliphatic rings. The number of rotatable bonds is 4. The van der Waals surface area contributed by atoms with E-state index in [1.807, 2.05) is 0 Å². The zero-order valence-electron chi connectivity index (χ0n) is 8.99. The van der Waals surface area contributed by atoms with Crippen LogP contribution in [0.1, 0.15) is 0 Å². The fourth-order valence-electron chi connectivity index (χ4n) is 1.01. The zero-order chi connectivity index (χ0) is 14.0. The van der Waals surface area contributed by atoms with Gasteiger partial charge in [0.05, 0.1) is 12.1 Å². The van der Waals surface area contributed by atoms with E-state index in [0.717, 1.165) is 6.07 Å². The average molecular weight is 305 g/mol. The van der Waals surface area contributed by atoms with E-state index >= 15 is 0 Å². The molecule has 0 saturated heterocycles. The Labute approximate surface area is 106 Å².